The van der Waals surface area contributed by atoms with Crippen LogP contribution in [0.3, 0.4) is 0 Å². The predicted molar refractivity (Wildman–Crippen MR) is 87.9 cm³/mol. The molecule has 1 atom stereocenters. The average Bonchev–Trinajstić information content (AvgIpc) is 3.13. The summed E-state index contributed by atoms with van der Waals surface area (Å²) in [6.07, 6.45) is 2.57. The van der Waals surface area contributed by atoms with Crippen molar-refractivity contribution in [2.75, 3.05) is 6.54 Å². The molecule has 0 radical (unpaired) electrons. The summed E-state index contributed by atoms with van der Waals surface area (Å²) in [5, 5.41) is 12.7. The molecule has 1 aliphatic rings. The molecular formula is C16H16FN3O6S. The van der Waals surface area contributed by atoms with Gasteiger partial charge in [-0.05, 0) is 37.5 Å². The van der Waals surface area contributed by atoms with Crippen molar-refractivity contribution in [2.45, 2.75) is 36.0 Å². The molecule has 1 fully saturated rings. The molecular weight excluding hydrogens is 381 g/mol. The largest absolute Gasteiger partial charge is 0.480 e. The number of aromatic nitrogens is 2. The van der Waals surface area contributed by atoms with Crippen molar-refractivity contribution in [1.82, 2.24) is 15.0 Å². The molecule has 1 N–H and O–H groups in total. The lowest BCUT2D eigenvalue weighted by atomic mass is 10.0. The van der Waals surface area contributed by atoms with Gasteiger partial charge in [0.25, 0.3) is 5.91 Å². The van der Waals surface area contributed by atoms with Crippen LogP contribution >= 0.6 is 0 Å². The van der Waals surface area contributed by atoms with Crippen molar-refractivity contribution >= 4 is 21.7 Å². The van der Waals surface area contributed by atoms with Crippen molar-refractivity contribution < 1.29 is 32.0 Å². The van der Waals surface area contributed by atoms with E-state index in [1.165, 1.54) is 4.90 Å². The van der Waals surface area contributed by atoms with Crippen LogP contribution < -0.4 is 0 Å². The van der Waals surface area contributed by atoms with Crippen molar-refractivity contribution in [3.63, 3.8) is 0 Å². The zero-order chi connectivity index (χ0) is 19.6. The Morgan fingerprint density at radius 1 is 1.33 bits per heavy atom. The maximum Gasteiger partial charge on any atom is 0.326 e. The molecule has 1 aromatic carbocycles. The number of carbonyl (C=O) groups is 2. The van der Waals surface area contributed by atoms with Crippen LogP contribution in [0.5, 0.6) is 0 Å². The molecule has 2 aromatic rings. The van der Waals surface area contributed by atoms with Crippen LogP contribution in [0.15, 0.2) is 34.0 Å². The molecule has 0 aliphatic carbocycles. The smallest absolute Gasteiger partial charge is 0.326 e. The van der Waals surface area contributed by atoms with Gasteiger partial charge >= 0.3 is 5.97 Å². The number of benzene rings is 1. The number of amides is 1. The number of nitrogens with zero attached hydrogens (tertiary/aromatic N) is 3. The number of carboxylic acids is 1. The minimum atomic E-state index is -4.18. The fraction of sp³-hybridized carbons (Fsp3) is 0.375. The Labute approximate surface area is 153 Å². The van der Waals surface area contributed by atoms with Crippen molar-refractivity contribution in [2.24, 2.45) is 0 Å². The number of rotatable bonds is 5. The Bertz CT molecular complexity index is 961. The lowest BCUT2D eigenvalue weighted by molar-refractivity contribution is -0.143. The molecule has 0 spiro atoms. The van der Waals surface area contributed by atoms with Crippen LogP contribution in [0.2, 0.25) is 0 Å². The topological polar surface area (TPSA) is 131 Å². The Hall–Kier alpha value is -2.82. The predicted octanol–water partition coefficient (Wildman–Crippen LogP) is 1.26. The van der Waals surface area contributed by atoms with Gasteiger partial charge < -0.3 is 14.5 Å². The molecule has 1 aliphatic heterocycles. The average molecular weight is 397 g/mol. The quantitative estimate of drug-likeness (QED) is 0.798. The van der Waals surface area contributed by atoms with Gasteiger partial charge in [-0.1, -0.05) is 5.16 Å². The first kappa shape index (κ1) is 19.0. The lowest BCUT2D eigenvalue weighted by Gasteiger charge is -2.33. The molecule has 144 valence electrons. The molecule has 11 heteroatoms. The molecule has 0 unspecified atom stereocenters. The van der Waals surface area contributed by atoms with E-state index in [4.69, 9.17) is 0 Å². The maximum atomic E-state index is 14.1. The van der Waals surface area contributed by atoms with Crippen molar-refractivity contribution in [3.05, 3.63) is 41.8 Å². The van der Waals surface area contributed by atoms with Crippen LogP contribution in [0, 0.1) is 5.82 Å². The monoisotopic (exact) mass is 397 g/mol. The van der Waals surface area contributed by atoms with Crippen LogP contribution in [0.25, 0.3) is 0 Å². The summed E-state index contributed by atoms with van der Waals surface area (Å²) in [6, 6.07) is 1.94. The Morgan fingerprint density at radius 2 is 2.11 bits per heavy atom. The van der Waals surface area contributed by atoms with Crippen LogP contribution in [-0.2, 0) is 20.4 Å². The van der Waals surface area contributed by atoms with Gasteiger partial charge in [0.05, 0.1) is 0 Å². The first-order chi connectivity index (χ1) is 12.8. The van der Waals surface area contributed by atoms with Gasteiger partial charge in [-0.3, -0.25) is 4.79 Å². The summed E-state index contributed by atoms with van der Waals surface area (Å²) in [6.45, 7) is 0.234. The second-order valence-electron chi connectivity index (χ2n) is 6.10. The molecule has 0 bridgehead atoms. The number of carboxylic acid groups (broad SMARTS) is 1. The third-order valence-electron chi connectivity index (χ3n) is 4.29. The Kier molecular flexibility index (Phi) is 5.22. The highest BCUT2D eigenvalue weighted by Crippen LogP contribution is 2.24. The third kappa shape index (κ3) is 3.97. The van der Waals surface area contributed by atoms with E-state index >= 15 is 0 Å². The van der Waals surface area contributed by atoms with E-state index in [1.807, 2.05) is 0 Å². The molecule has 9 nitrogen and oxygen atoms in total. The zero-order valence-corrected chi connectivity index (χ0v) is 14.9. The highest BCUT2D eigenvalue weighted by Gasteiger charge is 2.33. The van der Waals surface area contributed by atoms with Gasteiger partial charge in [-0.2, -0.15) is 4.98 Å². The number of carbonyl (C=O) groups excluding carboxylic acids is 1. The number of piperidine rings is 1. The maximum absolute atomic E-state index is 14.1. The minimum absolute atomic E-state index is 0.101. The van der Waals surface area contributed by atoms with E-state index in [-0.39, 0.29) is 17.9 Å². The summed E-state index contributed by atoms with van der Waals surface area (Å²) in [5.74, 6) is -3.65. The molecule has 3 rings (SSSR count). The molecule has 1 saturated heterocycles. The normalized spacial score (nSPS) is 17.7. The van der Waals surface area contributed by atoms with E-state index < -0.39 is 44.2 Å². The number of hydrogen-bond donors (Lipinski definition) is 1. The number of halogens is 1. The molecule has 1 aromatic heterocycles. The van der Waals surface area contributed by atoms with Gasteiger partial charge in [0.15, 0.2) is 15.7 Å². The summed E-state index contributed by atoms with van der Waals surface area (Å²) >= 11 is 0. The minimum Gasteiger partial charge on any atom is -0.480 e. The Morgan fingerprint density at radius 3 is 2.78 bits per heavy atom. The van der Waals surface area contributed by atoms with E-state index in [0.29, 0.717) is 19.3 Å². The number of hydrogen-bond acceptors (Lipinski definition) is 7. The number of likely N-dealkylation sites (tertiary alicyclic amines) is 1. The summed E-state index contributed by atoms with van der Waals surface area (Å²) in [7, 11) is -4.18. The third-order valence-corrected chi connectivity index (χ3v) is 5.91. The second-order valence-corrected chi connectivity index (χ2v) is 8.06. The van der Waals surface area contributed by atoms with Crippen LogP contribution in [0.4, 0.5) is 4.39 Å². The van der Waals surface area contributed by atoms with Gasteiger partial charge in [0, 0.05) is 12.1 Å². The van der Waals surface area contributed by atoms with Crippen LogP contribution in [0.1, 0.15) is 35.4 Å². The van der Waals surface area contributed by atoms with Gasteiger partial charge in [0.2, 0.25) is 6.39 Å². The highest BCUT2D eigenvalue weighted by atomic mass is 32.2. The summed E-state index contributed by atoms with van der Waals surface area (Å²) < 4.78 is 43.5. The SMILES string of the molecule is O=C(O)[C@@H]1CCCCN1C(=O)c1ccc(F)c(S(=O)(=O)Cc2ncon2)c1. The first-order valence-corrected chi connectivity index (χ1v) is 9.76. The highest BCUT2D eigenvalue weighted by molar-refractivity contribution is 7.90. The van der Waals surface area contributed by atoms with E-state index in [0.717, 1.165) is 24.6 Å². The molecule has 27 heavy (non-hydrogen) atoms. The molecule has 0 saturated carbocycles. The number of sulfone groups is 1. The zero-order valence-electron chi connectivity index (χ0n) is 14.0. The van der Waals surface area contributed by atoms with Gasteiger partial charge in [-0.25, -0.2) is 17.6 Å². The summed E-state index contributed by atoms with van der Waals surface area (Å²) in [5.41, 5.74) is -0.101. The van der Waals surface area contributed by atoms with Crippen LogP contribution in [-0.4, -0.2) is 53.0 Å². The standard InChI is InChI=1S/C16H16FN3O6S/c17-11-5-4-10(15(21)20-6-2-1-3-12(20)16(22)23)7-13(11)27(24,25)8-14-18-9-26-19-14/h4-5,7,9,12H,1-3,6,8H2,(H,22,23)/t12-/m0/s1. The fourth-order valence-electron chi connectivity index (χ4n) is 2.98. The lowest BCUT2D eigenvalue weighted by Crippen LogP contribution is -2.48. The van der Waals surface area contributed by atoms with Crippen molar-refractivity contribution in [3.8, 4) is 0 Å². The van der Waals surface area contributed by atoms with E-state index in [2.05, 4.69) is 14.7 Å². The van der Waals surface area contributed by atoms with Gasteiger partial charge in [0.1, 0.15) is 22.5 Å². The Balaban J connectivity index is 1.92. The van der Waals surface area contributed by atoms with Gasteiger partial charge in [-0.15, -0.1) is 0 Å². The van der Waals surface area contributed by atoms with E-state index in [9.17, 15) is 27.5 Å². The molecule has 2 heterocycles. The summed E-state index contributed by atoms with van der Waals surface area (Å²) in [4.78, 5) is 28.2. The van der Waals surface area contributed by atoms with E-state index in [1.54, 1.807) is 0 Å². The van der Waals surface area contributed by atoms with Crippen molar-refractivity contribution in [1.29, 1.82) is 0 Å². The second kappa shape index (κ2) is 7.43. The fourth-order valence-corrected chi connectivity index (χ4v) is 4.27. The number of aliphatic carboxylic acids is 1. The first-order valence-electron chi connectivity index (χ1n) is 8.11. The molecule has 1 amide bonds.